The molecule has 0 saturated carbocycles. The van der Waals surface area contributed by atoms with Crippen molar-refractivity contribution < 1.29 is 24.0 Å². The average Bonchev–Trinajstić information content (AvgIpc) is 2.35. The first kappa shape index (κ1) is 15.6. The van der Waals surface area contributed by atoms with Crippen LogP contribution in [-0.2, 0) is 20.9 Å². The molecule has 0 N–H and O–H groups in total. The van der Waals surface area contributed by atoms with Crippen LogP contribution in [0.15, 0.2) is 18.2 Å². The molecule has 0 aliphatic carbocycles. The molecule has 0 aromatic heterocycles. The summed E-state index contributed by atoms with van der Waals surface area (Å²) < 4.78 is 9.71. The van der Waals surface area contributed by atoms with Crippen molar-refractivity contribution in [2.75, 3.05) is 0 Å². The third kappa shape index (κ3) is 4.34. The molecule has 0 amide bonds. The maximum absolute atomic E-state index is 11.3. The summed E-state index contributed by atoms with van der Waals surface area (Å²) in [6.45, 7) is 4.46. The maximum atomic E-state index is 11.3. The van der Waals surface area contributed by atoms with Crippen LogP contribution in [0.1, 0.15) is 26.3 Å². The Hall–Kier alpha value is -2.44. The number of carbonyl (C=O) groups is 2. The van der Waals surface area contributed by atoms with Gasteiger partial charge in [-0.1, -0.05) is 19.9 Å². The van der Waals surface area contributed by atoms with Gasteiger partial charge in [0, 0.05) is 13.0 Å². The predicted octanol–water partition coefficient (Wildman–Crippen LogP) is 2.22. The number of ether oxygens (including phenoxy) is 2. The molecule has 1 aromatic carbocycles. The zero-order valence-electron chi connectivity index (χ0n) is 11.4. The highest BCUT2D eigenvalue weighted by atomic mass is 16.6. The lowest BCUT2D eigenvalue weighted by Crippen LogP contribution is -2.11. The molecular formula is C13H15NO6. The summed E-state index contributed by atoms with van der Waals surface area (Å²) in [5.74, 6) is -1.45. The van der Waals surface area contributed by atoms with E-state index in [9.17, 15) is 19.7 Å². The third-order valence-electron chi connectivity index (χ3n) is 2.33. The van der Waals surface area contributed by atoms with Crippen molar-refractivity contribution >= 4 is 17.6 Å². The molecule has 0 heterocycles. The molecule has 0 spiro atoms. The number of esters is 2. The lowest BCUT2D eigenvalue weighted by Gasteiger charge is -2.08. The Labute approximate surface area is 115 Å². The Morgan fingerprint density at radius 3 is 2.50 bits per heavy atom. The number of nitrogens with zero attached hydrogens (tertiary/aromatic N) is 1. The second kappa shape index (κ2) is 6.65. The van der Waals surface area contributed by atoms with E-state index in [2.05, 4.69) is 0 Å². The van der Waals surface area contributed by atoms with Gasteiger partial charge in [-0.25, -0.2) is 0 Å². The molecule has 1 aromatic rings. The first-order valence-electron chi connectivity index (χ1n) is 5.93. The van der Waals surface area contributed by atoms with Crippen molar-refractivity contribution in [2.24, 2.45) is 5.92 Å². The molecule has 0 aliphatic rings. The maximum Gasteiger partial charge on any atom is 0.312 e. The summed E-state index contributed by atoms with van der Waals surface area (Å²) in [4.78, 5) is 32.4. The summed E-state index contributed by atoms with van der Waals surface area (Å²) in [5, 5.41) is 10.9. The fourth-order valence-electron chi connectivity index (χ4n) is 1.36. The molecule has 108 valence electrons. The molecule has 0 fully saturated rings. The van der Waals surface area contributed by atoms with E-state index in [-0.39, 0.29) is 24.0 Å². The van der Waals surface area contributed by atoms with E-state index in [1.807, 2.05) is 0 Å². The summed E-state index contributed by atoms with van der Waals surface area (Å²) >= 11 is 0. The molecule has 0 aliphatic heterocycles. The molecule has 7 nitrogen and oxygen atoms in total. The normalized spacial score (nSPS) is 10.2. The first-order chi connectivity index (χ1) is 9.31. The Balaban J connectivity index is 2.90. The lowest BCUT2D eigenvalue weighted by molar-refractivity contribution is -0.385. The van der Waals surface area contributed by atoms with Crippen molar-refractivity contribution in [1.82, 2.24) is 0 Å². The Morgan fingerprint density at radius 1 is 1.35 bits per heavy atom. The van der Waals surface area contributed by atoms with Gasteiger partial charge in [-0.3, -0.25) is 19.7 Å². The molecule has 7 heteroatoms. The van der Waals surface area contributed by atoms with Gasteiger partial charge in [-0.15, -0.1) is 0 Å². The van der Waals surface area contributed by atoms with Crippen LogP contribution in [0.2, 0.25) is 0 Å². The monoisotopic (exact) mass is 281 g/mol. The standard InChI is InChI=1S/C13H15NO6/c1-8(2)13(16)19-7-10-4-5-12(20-9(3)15)11(6-10)14(17)18/h4-6,8H,7H2,1-3H3. The molecule has 0 radical (unpaired) electrons. The summed E-state index contributed by atoms with van der Waals surface area (Å²) in [6.07, 6.45) is 0. The van der Waals surface area contributed by atoms with E-state index in [1.54, 1.807) is 13.8 Å². The summed E-state index contributed by atoms with van der Waals surface area (Å²) in [5.41, 5.74) is 0.0971. The zero-order valence-corrected chi connectivity index (χ0v) is 11.4. The van der Waals surface area contributed by atoms with Gasteiger partial charge in [0.05, 0.1) is 10.8 Å². The highest BCUT2D eigenvalue weighted by Gasteiger charge is 2.18. The number of hydrogen-bond acceptors (Lipinski definition) is 6. The van der Waals surface area contributed by atoms with Crippen molar-refractivity contribution in [3.63, 3.8) is 0 Å². The van der Waals surface area contributed by atoms with Crippen LogP contribution in [0, 0.1) is 16.0 Å². The first-order valence-corrected chi connectivity index (χ1v) is 5.93. The van der Waals surface area contributed by atoms with Crippen LogP contribution in [0.3, 0.4) is 0 Å². The zero-order chi connectivity index (χ0) is 15.3. The quantitative estimate of drug-likeness (QED) is 0.355. The Kier molecular flexibility index (Phi) is 5.19. The van der Waals surface area contributed by atoms with Crippen molar-refractivity contribution in [2.45, 2.75) is 27.4 Å². The van der Waals surface area contributed by atoms with E-state index in [1.165, 1.54) is 18.2 Å². The highest BCUT2D eigenvalue weighted by molar-refractivity contribution is 5.72. The number of carbonyl (C=O) groups excluding carboxylic acids is 2. The number of nitro groups is 1. The van der Waals surface area contributed by atoms with Gasteiger partial charge in [-0.05, 0) is 11.6 Å². The van der Waals surface area contributed by atoms with E-state index in [4.69, 9.17) is 9.47 Å². The molecular weight excluding hydrogens is 266 g/mol. The van der Waals surface area contributed by atoms with Gasteiger partial charge in [0.15, 0.2) is 0 Å². The number of nitro benzene ring substituents is 1. The minimum Gasteiger partial charge on any atom is -0.461 e. The molecule has 0 bridgehead atoms. The van der Waals surface area contributed by atoms with Crippen LogP contribution < -0.4 is 4.74 Å². The molecule has 0 unspecified atom stereocenters. The predicted molar refractivity (Wildman–Crippen MR) is 69.0 cm³/mol. The van der Waals surface area contributed by atoms with Gasteiger partial charge in [0.1, 0.15) is 6.61 Å². The number of hydrogen-bond donors (Lipinski definition) is 0. The second-order valence-corrected chi connectivity index (χ2v) is 4.42. The summed E-state index contributed by atoms with van der Waals surface area (Å²) in [6, 6.07) is 4.02. The highest BCUT2D eigenvalue weighted by Crippen LogP contribution is 2.28. The number of rotatable bonds is 5. The number of benzene rings is 1. The van der Waals surface area contributed by atoms with Crippen molar-refractivity contribution in [1.29, 1.82) is 0 Å². The van der Waals surface area contributed by atoms with Crippen molar-refractivity contribution in [3.8, 4) is 5.75 Å². The Morgan fingerprint density at radius 2 is 2.00 bits per heavy atom. The molecule has 1 rings (SSSR count). The van der Waals surface area contributed by atoms with E-state index in [0.717, 1.165) is 6.92 Å². The lowest BCUT2D eigenvalue weighted by atomic mass is 10.2. The topological polar surface area (TPSA) is 95.7 Å². The van der Waals surface area contributed by atoms with Gasteiger partial charge >= 0.3 is 17.6 Å². The van der Waals surface area contributed by atoms with Crippen molar-refractivity contribution in [3.05, 3.63) is 33.9 Å². The Bertz CT molecular complexity index is 538. The minimum atomic E-state index is -0.661. The average molecular weight is 281 g/mol. The van der Waals surface area contributed by atoms with Crippen LogP contribution >= 0.6 is 0 Å². The molecule has 20 heavy (non-hydrogen) atoms. The molecule has 0 saturated heterocycles. The van der Waals surface area contributed by atoms with Gasteiger partial charge < -0.3 is 9.47 Å². The van der Waals surface area contributed by atoms with E-state index >= 15 is 0 Å². The molecule has 0 atom stereocenters. The largest absolute Gasteiger partial charge is 0.461 e. The van der Waals surface area contributed by atoms with Gasteiger partial charge in [-0.2, -0.15) is 0 Å². The van der Waals surface area contributed by atoms with Crippen LogP contribution in [0.4, 0.5) is 5.69 Å². The second-order valence-electron chi connectivity index (χ2n) is 4.42. The smallest absolute Gasteiger partial charge is 0.312 e. The fourth-order valence-corrected chi connectivity index (χ4v) is 1.36. The van der Waals surface area contributed by atoms with Gasteiger partial charge in [0.25, 0.3) is 0 Å². The SMILES string of the molecule is CC(=O)Oc1ccc(COC(=O)C(C)C)cc1[N+](=O)[O-]. The van der Waals surface area contributed by atoms with E-state index in [0.29, 0.717) is 5.56 Å². The van der Waals surface area contributed by atoms with Crippen LogP contribution in [-0.4, -0.2) is 16.9 Å². The van der Waals surface area contributed by atoms with E-state index < -0.39 is 16.9 Å². The fraction of sp³-hybridized carbons (Fsp3) is 0.385. The summed E-state index contributed by atoms with van der Waals surface area (Å²) in [7, 11) is 0. The van der Waals surface area contributed by atoms with Gasteiger partial charge in [0.2, 0.25) is 5.75 Å². The van der Waals surface area contributed by atoms with Crippen LogP contribution in [0.25, 0.3) is 0 Å². The third-order valence-corrected chi connectivity index (χ3v) is 2.33. The minimum absolute atomic E-state index is 0.0712. The van der Waals surface area contributed by atoms with Crippen LogP contribution in [0.5, 0.6) is 5.75 Å².